The van der Waals surface area contributed by atoms with Crippen LogP contribution in [0.4, 0.5) is 5.00 Å². The van der Waals surface area contributed by atoms with Crippen molar-refractivity contribution >= 4 is 22.5 Å². The number of rotatable bonds is 7. The Bertz CT molecular complexity index is 380. The molecule has 1 aromatic rings. The van der Waals surface area contributed by atoms with Crippen LogP contribution < -0.4 is 5.32 Å². The lowest BCUT2D eigenvalue weighted by Crippen LogP contribution is -2.26. The maximum absolute atomic E-state index is 11.0. The average Bonchev–Trinajstić information content (AvgIpc) is 2.65. The van der Waals surface area contributed by atoms with Gasteiger partial charge in [0.25, 0.3) is 0 Å². The molecular formula is C10H16N2O4S. The van der Waals surface area contributed by atoms with Gasteiger partial charge in [-0.05, 0) is 18.5 Å². The van der Waals surface area contributed by atoms with Gasteiger partial charge in [0.2, 0.25) is 0 Å². The van der Waals surface area contributed by atoms with Crippen molar-refractivity contribution in [1.29, 1.82) is 0 Å². The van der Waals surface area contributed by atoms with E-state index in [0.717, 1.165) is 11.5 Å². The van der Waals surface area contributed by atoms with E-state index in [1.807, 2.05) is 0 Å². The third-order valence-corrected chi connectivity index (χ3v) is 3.15. The molecule has 0 aliphatic rings. The van der Waals surface area contributed by atoms with Gasteiger partial charge in [-0.25, -0.2) is 4.79 Å². The minimum absolute atomic E-state index is 0.121. The first-order valence-corrected chi connectivity index (χ1v) is 5.82. The number of carboxylic acids is 1. The predicted molar refractivity (Wildman–Crippen MR) is 65.0 cm³/mol. The van der Waals surface area contributed by atoms with E-state index in [2.05, 4.69) is 9.69 Å². The smallest absolute Gasteiger partial charge is 0.340 e. The SMILES string of the molecule is COCC(CNc1snc(C)c1C(=O)O)OC. The molecule has 0 saturated heterocycles. The molecule has 0 saturated carbocycles. The minimum atomic E-state index is -0.973. The van der Waals surface area contributed by atoms with Crippen molar-refractivity contribution in [1.82, 2.24) is 4.37 Å². The lowest BCUT2D eigenvalue weighted by molar-refractivity contribution is 0.0366. The summed E-state index contributed by atoms with van der Waals surface area (Å²) in [5, 5.41) is 12.6. The summed E-state index contributed by atoms with van der Waals surface area (Å²) in [4.78, 5) is 11.0. The molecule has 1 rings (SSSR count). The fourth-order valence-corrected chi connectivity index (χ4v) is 2.14. The summed E-state index contributed by atoms with van der Waals surface area (Å²) < 4.78 is 14.2. The quantitative estimate of drug-likeness (QED) is 0.767. The lowest BCUT2D eigenvalue weighted by Gasteiger charge is -2.15. The number of anilines is 1. The molecule has 1 heterocycles. The molecule has 0 aliphatic carbocycles. The van der Waals surface area contributed by atoms with Crippen LogP contribution in [0, 0.1) is 6.92 Å². The van der Waals surface area contributed by atoms with E-state index in [0.29, 0.717) is 23.8 Å². The Labute approximate surface area is 104 Å². The van der Waals surface area contributed by atoms with Gasteiger partial charge in [0.1, 0.15) is 10.6 Å². The van der Waals surface area contributed by atoms with E-state index in [-0.39, 0.29) is 11.7 Å². The van der Waals surface area contributed by atoms with Crippen molar-refractivity contribution in [2.45, 2.75) is 13.0 Å². The number of hydrogen-bond acceptors (Lipinski definition) is 6. The van der Waals surface area contributed by atoms with Crippen molar-refractivity contribution in [2.24, 2.45) is 0 Å². The maximum atomic E-state index is 11.0. The summed E-state index contributed by atoms with van der Waals surface area (Å²) in [5.74, 6) is -0.973. The second-order valence-corrected chi connectivity index (χ2v) is 4.24. The van der Waals surface area contributed by atoms with E-state index >= 15 is 0 Å². The Balaban J connectivity index is 2.65. The number of hydrogen-bond donors (Lipinski definition) is 2. The van der Waals surface area contributed by atoms with Crippen LogP contribution >= 0.6 is 11.5 Å². The van der Waals surface area contributed by atoms with Crippen molar-refractivity contribution in [3.05, 3.63) is 11.3 Å². The van der Waals surface area contributed by atoms with Gasteiger partial charge in [0.05, 0.1) is 18.4 Å². The van der Waals surface area contributed by atoms with E-state index in [9.17, 15) is 4.79 Å². The fraction of sp³-hybridized carbons (Fsp3) is 0.600. The third-order valence-electron chi connectivity index (χ3n) is 2.25. The largest absolute Gasteiger partial charge is 0.478 e. The van der Waals surface area contributed by atoms with Gasteiger partial charge < -0.3 is 19.9 Å². The second kappa shape index (κ2) is 6.53. The highest BCUT2D eigenvalue weighted by Gasteiger charge is 2.18. The standard InChI is InChI=1S/C10H16N2O4S/c1-6-8(10(13)14)9(17-12-6)11-4-7(16-3)5-15-2/h7,11H,4-5H2,1-3H3,(H,13,14). The molecule has 1 atom stereocenters. The summed E-state index contributed by atoms with van der Waals surface area (Å²) in [7, 11) is 3.17. The average molecular weight is 260 g/mol. The molecule has 96 valence electrons. The van der Waals surface area contributed by atoms with Gasteiger partial charge in [-0.15, -0.1) is 0 Å². The molecule has 2 N–H and O–H groups in total. The summed E-state index contributed by atoms with van der Waals surface area (Å²) in [6, 6.07) is 0. The number of methoxy groups -OCH3 is 2. The van der Waals surface area contributed by atoms with Gasteiger partial charge in [-0.3, -0.25) is 0 Å². The molecule has 0 radical (unpaired) electrons. The number of carbonyl (C=O) groups is 1. The topological polar surface area (TPSA) is 80.7 Å². The minimum Gasteiger partial charge on any atom is -0.478 e. The summed E-state index contributed by atoms with van der Waals surface area (Å²) in [5.41, 5.74) is 0.743. The van der Waals surface area contributed by atoms with Gasteiger partial charge in [0, 0.05) is 20.8 Å². The van der Waals surface area contributed by atoms with Crippen LogP contribution in [-0.2, 0) is 9.47 Å². The van der Waals surface area contributed by atoms with Gasteiger partial charge in [-0.1, -0.05) is 0 Å². The Morgan fingerprint density at radius 2 is 2.29 bits per heavy atom. The number of carboxylic acid groups (broad SMARTS) is 1. The first-order chi connectivity index (χ1) is 8.10. The first-order valence-electron chi connectivity index (χ1n) is 5.05. The molecule has 7 heteroatoms. The normalized spacial score (nSPS) is 12.4. The molecule has 6 nitrogen and oxygen atoms in total. The molecule has 1 unspecified atom stereocenters. The zero-order valence-electron chi connectivity index (χ0n) is 10.0. The number of nitrogens with one attached hydrogen (secondary N) is 1. The zero-order chi connectivity index (χ0) is 12.8. The second-order valence-electron chi connectivity index (χ2n) is 3.47. The molecule has 17 heavy (non-hydrogen) atoms. The van der Waals surface area contributed by atoms with Crippen LogP contribution in [0.2, 0.25) is 0 Å². The molecule has 0 aromatic carbocycles. The van der Waals surface area contributed by atoms with E-state index < -0.39 is 5.97 Å². The zero-order valence-corrected chi connectivity index (χ0v) is 10.8. The highest BCUT2D eigenvalue weighted by Crippen LogP contribution is 2.24. The Kier molecular flexibility index (Phi) is 5.33. The van der Waals surface area contributed by atoms with Gasteiger partial charge in [-0.2, -0.15) is 4.37 Å². The number of aromatic carboxylic acids is 1. The number of ether oxygens (including phenoxy) is 2. The summed E-state index contributed by atoms with van der Waals surface area (Å²) >= 11 is 1.14. The van der Waals surface area contributed by atoms with Crippen LogP contribution in [-0.4, -0.2) is 48.9 Å². The van der Waals surface area contributed by atoms with E-state index in [1.54, 1.807) is 21.1 Å². The summed E-state index contributed by atoms with van der Waals surface area (Å²) in [6.45, 7) is 2.60. The Morgan fingerprint density at radius 1 is 1.59 bits per heavy atom. The molecule has 1 aromatic heterocycles. The number of aryl methyl sites for hydroxylation is 1. The third kappa shape index (κ3) is 3.65. The molecule has 0 fully saturated rings. The monoisotopic (exact) mass is 260 g/mol. The van der Waals surface area contributed by atoms with Crippen molar-refractivity contribution in [3.63, 3.8) is 0 Å². The van der Waals surface area contributed by atoms with Crippen LogP contribution in [0.25, 0.3) is 0 Å². The van der Waals surface area contributed by atoms with Crippen LogP contribution in [0.15, 0.2) is 0 Å². The predicted octanol–water partition coefficient (Wildman–Crippen LogP) is 1.22. The highest BCUT2D eigenvalue weighted by molar-refractivity contribution is 7.10. The maximum Gasteiger partial charge on any atom is 0.340 e. The molecular weight excluding hydrogens is 244 g/mol. The van der Waals surface area contributed by atoms with Gasteiger partial charge in [0.15, 0.2) is 0 Å². The van der Waals surface area contributed by atoms with Crippen molar-refractivity contribution in [3.8, 4) is 0 Å². The Hall–Kier alpha value is -1.18. The van der Waals surface area contributed by atoms with Crippen LogP contribution in [0.1, 0.15) is 16.1 Å². The Morgan fingerprint density at radius 3 is 2.82 bits per heavy atom. The van der Waals surface area contributed by atoms with Crippen LogP contribution in [0.5, 0.6) is 0 Å². The first kappa shape index (κ1) is 13.9. The van der Waals surface area contributed by atoms with E-state index in [4.69, 9.17) is 14.6 Å². The molecule has 0 bridgehead atoms. The van der Waals surface area contributed by atoms with Gasteiger partial charge >= 0.3 is 5.97 Å². The summed E-state index contributed by atoms with van der Waals surface area (Å²) in [6.07, 6.45) is -0.121. The highest BCUT2D eigenvalue weighted by atomic mass is 32.1. The molecule has 0 spiro atoms. The fourth-order valence-electron chi connectivity index (χ4n) is 1.34. The molecule has 0 amide bonds. The van der Waals surface area contributed by atoms with Crippen molar-refractivity contribution in [2.75, 3.05) is 32.7 Å². The van der Waals surface area contributed by atoms with Crippen molar-refractivity contribution < 1.29 is 19.4 Å². The molecule has 0 aliphatic heterocycles. The lowest BCUT2D eigenvalue weighted by atomic mass is 10.2. The number of aromatic nitrogens is 1. The van der Waals surface area contributed by atoms with Crippen LogP contribution in [0.3, 0.4) is 0 Å². The number of nitrogens with zero attached hydrogens (tertiary/aromatic N) is 1. The van der Waals surface area contributed by atoms with E-state index in [1.165, 1.54) is 0 Å².